The number of likely N-dealkylation sites (tertiary alicyclic amines) is 1. The van der Waals surface area contributed by atoms with Gasteiger partial charge in [-0.05, 0) is 45.0 Å². The quantitative estimate of drug-likeness (QED) is 0.714. The van der Waals surface area contributed by atoms with Crippen molar-refractivity contribution < 1.29 is 14.3 Å². The summed E-state index contributed by atoms with van der Waals surface area (Å²) < 4.78 is 6.32. The lowest BCUT2D eigenvalue weighted by molar-refractivity contribution is -0.143. The second-order valence-corrected chi connectivity index (χ2v) is 9.51. The third-order valence-electron chi connectivity index (χ3n) is 7.36. The van der Waals surface area contributed by atoms with E-state index in [0.29, 0.717) is 13.1 Å². The number of likely N-dealkylation sites (N-methyl/N-ethyl adjacent to an activating group) is 1. The summed E-state index contributed by atoms with van der Waals surface area (Å²) in [6, 6.07) is 6.35. The first kappa shape index (κ1) is 19.8. The van der Waals surface area contributed by atoms with Crippen LogP contribution in [0.1, 0.15) is 23.1 Å². The van der Waals surface area contributed by atoms with Crippen molar-refractivity contribution in [2.24, 2.45) is 11.8 Å². The van der Waals surface area contributed by atoms with Gasteiger partial charge in [0, 0.05) is 26.2 Å². The first-order valence-corrected chi connectivity index (χ1v) is 11.1. The van der Waals surface area contributed by atoms with E-state index in [1.54, 1.807) is 0 Å². The molecule has 4 aliphatic rings. The molecule has 4 heterocycles. The van der Waals surface area contributed by atoms with Gasteiger partial charge in [-0.15, -0.1) is 0 Å². The minimum Gasteiger partial charge on any atom is -0.360 e. The molecule has 30 heavy (non-hydrogen) atoms. The summed E-state index contributed by atoms with van der Waals surface area (Å²) in [5.74, 6) is -0.637. The van der Waals surface area contributed by atoms with E-state index in [1.165, 1.54) is 11.1 Å². The van der Waals surface area contributed by atoms with Crippen LogP contribution < -0.4 is 0 Å². The smallest absolute Gasteiger partial charge is 0.230 e. The topological polar surface area (TPSA) is 53.1 Å². The van der Waals surface area contributed by atoms with E-state index in [2.05, 4.69) is 44.0 Å². The zero-order chi connectivity index (χ0) is 21.0. The molecule has 3 saturated heterocycles. The second-order valence-electron chi connectivity index (χ2n) is 9.51. The van der Waals surface area contributed by atoms with E-state index in [-0.39, 0.29) is 17.9 Å². The number of ether oxygens (including phenoxy) is 1. The van der Waals surface area contributed by atoms with Gasteiger partial charge >= 0.3 is 0 Å². The van der Waals surface area contributed by atoms with Gasteiger partial charge in [-0.1, -0.05) is 35.9 Å². The zero-order valence-corrected chi connectivity index (χ0v) is 18.1. The highest BCUT2D eigenvalue weighted by Crippen LogP contribution is 2.52. The van der Waals surface area contributed by atoms with Gasteiger partial charge in [0.2, 0.25) is 11.8 Å². The highest BCUT2D eigenvalue weighted by molar-refractivity contribution is 5.93. The number of amides is 2. The largest absolute Gasteiger partial charge is 0.360 e. The third-order valence-corrected chi connectivity index (χ3v) is 7.36. The van der Waals surface area contributed by atoms with E-state index in [1.807, 2.05) is 22.0 Å². The summed E-state index contributed by atoms with van der Waals surface area (Å²) in [4.78, 5) is 33.2. The third kappa shape index (κ3) is 3.08. The molecule has 1 spiro atoms. The van der Waals surface area contributed by atoms with Crippen LogP contribution >= 0.6 is 0 Å². The summed E-state index contributed by atoms with van der Waals surface area (Å²) in [6.07, 6.45) is 4.76. The Balaban J connectivity index is 1.38. The van der Waals surface area contributed by atoms with Crippen LogP contribution in [-0.2, 0) is 20.9 Å². The van der Waals surface area contributed by atoms with Crippen LogP contribution in [0.5, 0.6) is 0 Å². The lowest BCUT2D eigenvalue weighted by Gasteiger charge is -2.29. The summed E-state index contributed by atoms with van der Waals surface area (Å²) in [5.41, 5.74) is 2.90. The number of nitrogens with zero attached hydrogens (tertiary/aromatic N) is 3. The summed E-state index contributed by atoms with van der Waals surface area (Å²) in [6.45, 7) is 8.62. The highest BCUT2D eigenvalue weighted by Gasteiger charge is 2.67. The van der Waals surface area contributed by atoms with E-state index in [4.69, 9.17) is 4.74 Å². The molecule has 1 aromatic rings. The van der Waals surface area contributed by atoms with Crippen LogP contribution in [0.3, 0.4) is 0 Å². The van der Waals surface area contributed by atoms with Gasteiger partial charge in [-0.25, -0.2) is 0 Å². The predicted octanol–water partition coefficient (Wildman–Crippen LogP) is 1.75. The van der Waals surface area contributed by atoms with Crippen molar-refractivity contribution in [3.8, 4) is 0 Å². The monoisotopic (exact) mass is 409 g/mol. The number of rotatable bonds is 3. The molecule has 3 fully saturated rings. The average Bonchev–Trinajstić information content (AvgIpc) is 3.28. The molecule has 4 aliphatic heterocycles. The Morgan fingerprint density at radius 2 is 2.03 bits per heavy atom. The predicted molar refractivity (Wildman–Crippen MR) is 114 cm³/mol. The Labute approximate surface area is 178 Å². The van der Waals surface area contributed by atoms with Gasteiger partial charge < -0.3 is 19.4 Å². The van der Waals surface area contributed by atoms with Gasteiger partial charge in [-0.2, -0.15) is 0 Å². The maximum Gasteiger partial charge on any atom is 0.230 e. The van der Waals surface area contributed by atoms with Gasteiger partial charge in [-0.3, -0.25) is 9.59 Å². The fourth-order valence-corrected chi connectivity index (χ4v) is 5.65. The van der Waals surface area contributed by atoms with Crippen molar-refractivity contribution in [2.75, 3.05) is 39.8 Å². The van der Waals surface area contributed by atoms with E-state index >= 15 is 0 Å². The standard InChI is InChI=1S/C24H31N3O3/c1-16-5-6-17(2)18(13-16)14-27-15-24-8-7-19(30-24)20(21(24)23(27)29)22(28)26-10-4-9-25(3)11-12-26/h5-8,13,19-21H,4,9-12,14-15H2,1-3H3/t19-,20?,21?,24-/m0/s1. The molecule has 2 unspecified atom stereocenters. The summed E-state index contributed by atoms with van der Waals surface area (Å²) in [5, 5.41) is 0. The van der Waals surface area contributed by atoms with Crippen molar-refractivity contribution in [1.29, 1.82) is 0 Å². The number of carbonyl (C=O) groups excluding carboxylic acids is 2. The zero-order valence-electron chi connectivity index (χ0n) is 18.1. The van der Waals surface area contributed by atoms with Crippen LogP contribution in [-0.4, -0.2) is 78.0 Å². The molecule has 4 atom stereocenters. The maximum atomic E-state index is 13.5. The second kappa shape index (κ2) is 7.20. The molecule has 0 saturated carbocycles. The first-order valence-electron chi connectivity index (χ1n) is 11.1. The molecule has 2 amide bonds. The minimum atomic E-state index is -0.636. The van der Waals surface area contributed by atoms with E-state index in [9.17, 15) is 9.59 Å². The van der Waals surface area contributed by atoms with Crippen LogP contribution in [0.4, 0.5) is 0 Å². The van der Waals surface area contributed by atoms with Crippen LogP contribution in [0.25, 0.3) is 0 Å². The van der Waals surface area contributed by atoms with Crippen LogP contribution in [0.15, 0.2) is 30.4 Å². The van der Waals surface area contributed by atoms with Crippen molar-refractivity contribution in [2.45, 2.75) is 38.5 Å². The van der Waals surface area contributed by atoms with Crippen LogP contribution in [0.2, 0.25) is 0 Å². The Morgan fingerprint density at radius 3 is 2.87 bits per heavy atom. The van der Waals surface area contributed by atoms with Gasteiger partial charge in [0.1, 0.15) is 5.60 Å². The molecular formula is C24H31N3O3. The van der Waals surface area contributed by atoms with Crippen molar-refractivity contribution in [3.63, 3.8) is 0 Å². The number of hydrogen-bond donors (Lipinski definition) is 0. The summed E-state index contributed by atoms with van der Waals surface area (Å²) in [7, 11) is 2.10. The number of fused-ring (bicyclic) bond motifs is 1. The minimum absolute atomic E-state index is 0.0630. The fourth-order valence-electron chi connectivity index (χ4n) is 5.65. The lowest BCUT2D eigenvalue weighted by Crippen LogP contribution is -2.47. The number of benzene rings is 1. The first-order chi connectivity index (χ1) is 14.4. The molecule has 2 bridgehead atoms. The molecule has 5 rings (SSSR count). The van der Waals surface area contributed by atoms with Gasteiger partial charge in [0.05, 0.1) is 24.5 Å². The number of carbonyl (C=O) groups is 2. The molecule has 0 radical (unpaired) electrons. The van der Waals surface area contributed by atoms with E-state index in [0.717, 1.165) is 38.2 Å². The molecule has 1 aromatic carbocycles. The molecule has 6 nitrogen and oxygen atoms in total. The fraction of sp³-hybridized carbons (Fsp3) is 0.583. The Bertz CT molecular complexity index is 913. The Hall–Kier alpha value is -2.18. The molecule has 0 N–H and O–H groups in total. The molecule has 0 aromatic heterocycles. The summed E-state index contributed by atoms with van der Waals surface area (Å²) >= 11 is 0. The molecular weight excluding hydrogens is 378 g/mol. The number of aryl methyl sites for hydroxylation is 2. The van der Waals surface area contributed by atoms with Gasteiger partial charge in [0.15, 0.2) is 0 Å². The number of hydrogen-bond acceptors (Lipinski definition) is 4. The Kier molecular flexibility index (Phi) is 4.75. The lowest BCUT2D eigenvalue weighted by atomic mass is 9.76. The SMILES string of the molecule is Cc1ccc(C)c(CN2C[C@]34C=C[C@H](O3)C(C(=O)N3CCCN(C)CC3)C4C2=O)c1. The average molecular weight is 410 g/mol. The Morgan fingerprint density at radius 1 is 1.20 bits per heavy atom. The van der Waals surface area contributed by atoms with Crippen LogP contribution in [0, 0.1) is 25.7 Å². The van der Waals surface area contributed by atoms with E-state index < -0.39 is 17.4 Å². The molecule has 6 heteroatoms. The normalized spacial score (nSPS) is 33.3. The van der Waals surface area contributed by atoms with Gasteiger partial charge in [0.25, 0.3) is 0 Å². The highest BCUT2D eigenvalue weighted by atomic mass is 16.5. The van der Waals surface area contributed by atoms with Crippen molar-refractivity contribution in [3.05, 3.63) is 47.0 Å². The molecule has 160 valence electrons. The van der Waals surface area contributed by atoms with Crippen molar-refractivity contribution >= 4 is 11.8 Å². The van der Waals surface area contributed by atoms with Crippen molar-refractivity contribution in [1.82, 2.24) is 14.7 Å². The maximum absolute atomic E-state index is 13.5. The molecule has 0 aliphatic carbocycles.